The molecule has 0 bridgehead atoms. The molecule has 0 radical (unpaired) electrons. The molecule has 0 aliphatic carbocycles. The first kappa shape index (κ1) is 26.3. The first-order valence-electron chi connectivity index (χ1n) is 11.5. The van der Waals surface area contributed by atoms with E-state index in [0.29, 0.717) is 47.5 Å². The number of piperazine rings is 1. The third kappa shape index (κ3) is 6.04. The lowest BCUT2D eigenvalue weighted by Crippen LogP contribution is -2.48. The Morgan fingerprint density at radius 3 is 2.47 bits per heavy atom. The number of amides is 1. The van der Waals surface area contributed by atoms with Gasteiger partial charge in [0.2, 0.25) is 15.2 Å². The molecule has 14 heteroatoms. The molecule has 194 valence electrons. The molecule has 3 heterocycles. The first-order valence-corrected chi connectivity index (χ1v) is 14.9. The van der Waals surface area contributed by atoms with E-state index in [1.165, 1.54) is 15.8 Å². The van der Waals surface area contributed by atoms with Crippen molar-refractivity contribution < 1.29 is 13.2 Å². The summed E-state index contributed by atoms with van der Waals surface area (Å²) in [5.74, 6) is 0.134. The molecule has 38 heavy (non-hydrogen) atoms. The number of carbonyl (C=O) groups excluding carboxylic acids is 1. The van der Waals surface area contributed by atoms with Crippen molar-refractivity contribution in [2.24, 2.45) is 10.2 Å². The monoisotopic (exact) mass is 586 g/mol. The van der Waals surface area contributed by atoms with Gasteiger partial charge in [-0.2, -0.15) is 13.7 Å². The van der Waals surface area contributed by atoms with E-state index in [0.717, 1.165) is 22.0 Å². The van der Waals surface area contributed by atoms with E-state index in [-0.39, 0.29) is 10.8 Å². The van der Waals surface area contributed by atoms with Crippen molar-refractivity contribution >= 4 is 55.5 Å². The number of nitrogens with zero attached hydrogens (tertiary/aromatic N) is 7. The minimum absolute atomic E-state index is 0.117. The van der Waals surface area contributed by atoms with Crippen molar-refractivity contribution in [1.82, 2.24) is 18.6 Å². The lowest BCUT2D eigenvalue weighted by atomic mass is 10.2. The maximum absolute atomic E-state index is 13.2. The molecule has 2 aromatic carbocycles. The van der Waals surface area contributed by atoms with Crippen LogP contribution in [-0.4, -0.2) is 54.2 Å². The zero-order valence-corrected chi connectivity index (χ0v) is 23.0. The lowest BCUT2D eigenvalue weighted by Gasteiger charge is -2.33. The number of thiophene rings is 1. The van der Waals surface area contributed by atoms with Gasteiger partial charge in [-0.05, 0) is 36.4 Å². The number of aromatic nitrogens is 2. The van der Waals surface area contributed by atoms with E-state index in [1.54, 1.807) is 36.4 Å². The van der Waals surface area contributed by atoms with E-state index >= 15 is 0 Å². The summed E-state index contributed by atoms with van der Waals surface area (Å²) in [4.78, 5) is 23.0. The number of sulfonamides is 1. The Hall–Kier alpha value is -3.32. The number of benzene rings is 2. The van der Waals surface area contributed by atoms with Crippen molar-refractivity contribution in [2.75, 3.05) is 31.1 Å². The van der Waals surface area contributed by atoms with Gasteiger partial charge in [-0.15, -0.1) is 11.3 Å². The number of anilines is 1. The predicted molar refractivity (Wildman–Crippen MR) is 147 cm³/mol. The number of carbonyl (C=O) groups is 1. The fourth-order valence-corrected chi connectivity index (χ4v) is 7.42. The SMILES string of the molecule is O=C(N=[N+]=NCc1ccc(S(=O)(=O)N2CCN(c3nc(-c4ccccc4)ns3)CC2)s1)c1ccc(Cl)cc1. The Bertz CT molecular complexity index is 1590. The highest BCUT2D eigenvalue weighted by atomic mass is 35.5. The molecule has 2 aromatic heterocycles. The molecule has 0 N–H and O–H groups in total. The molecule has 1 aliphatic rings. The van der Waals surface area contributed by atoms with Crippen LogP contribution in [0.1, 0.15) is 15.2 Å². The summed E-state index contributed by atoms with van der Waals surface area (Å²) in [6.07, 6.45) is 0. The Labute approximate surface area is 232 Å². The summed E-state index contributed by atoms with van der Waals surface area (Å²) >= 11 is 8.26. The van der Waals surface area contributed by atoms with Crippen LogP contribution >= 0.6 is 34.5 Å². The standard InChI is InChI=1S/C24H21ClN7O3S3/c25-19-8-6-18(7-9-19)23(33)28-30-26-16-20-10-11-21(36-20)38(34,35)32-14-12-31(13-15-32)24-27-22(29-37-24)17-4-2-1-3-5-17/h1-11H,12-16H2/q+1. The van der Waals surface area contributed by atoms with Crippen LogP contribution in [0, 0.1) is 0 Å². The molecule has 1 amide bonds. The van der Waals surface area contributed by atoms with Crippen molar-refractivity contribution in [2.45, 2.75) is 10.8 Å². The smallest absolute Gasteiger partial charge is 0.344 e. The van der Waals surface area contributed by atoms with E-state index in [2.05, 4.69) is 29.4 Å². The zero-order chi connectivity index (χ0) is 26.5. The maximum atomic E-state index is 13.2. The van der Waals surface area contributed by atoms with Gasteiger partial charge in [0.1, 0.15) is 9.32 Å². The van der Waals surface area contributed by atoms with Crippen LogP contribution in [0.3, 0.4) is 0 Å². The van der Waals surface area contributed by atoms with E-state index in [4.69, 9.17) is 11.6 Å². The van der Waals surface area contributed by atoms with E-state index in [1.807, 2.05) is 30.3 Å². The van der Waals surface area contributed by atoms with Crippen LogP contribution < -0.4 is 9.81 Å². The predicted octanol–water partition coefficient (Wildman–Crippen LogP) is 4.74. The Morgan fingerprint density at radius 1 is 1.00 bits per heavy atom. The van der Waals surface area contributed by atoms with Crippen LogP contribution in [0.2, 0.25) is 5.02 Å². The third-order valence-electron chi connectivity index (χ3n) is 5.70. The van der Waals surface area contributed by atoms with E-state index < -0.39 is 15.9 Å². The molecule has 1 aliphatic heterocycles. The summed E-state index contributed by atoms with van der Waals surface area (Å²) in [5, 5.41) is 8.75. The Kier molecular flexibility index (Phi) is 8.03. The Balaban J connectivity index is 1.17. The van der Waals surface area contributed by atoms with Crippen LogP contribution in [-0.2, 0) is 16.6 Å². The second kappa shape index (κ2) is 11.6. The van der Waals surface area contributed by atoms with Crippen LogP contribution in [0.25, 0.3) is 11.4 Å². The van der Waals surface area contributed by atoms with Crippen molar-refractivity contribution in [1.29, 1.82) is 0 Å². The minimum Gasteiger partial charge on any atom is -0.344 e. The van der Waals surface area contributed by atoms with Gasteiger partial charge in [0, 0.05) is 58.7 Å². The highest BCUT2D eigenvalue weighted by Crippen LogP contribution is 2.28. The number of hydrogen-bond acceptors (Lipinski definition) is 9. The second-order valence-corrected chi connectivity index (χ2v) is 12.7. The summed E-state index contributed by atoms with van der Waals surface area (Å²) in [6.45, 7) is 1.87. The highest BCUT2D eigenvalue weighted by Gasteiger charge is 2.31. The quantitative estimate of drug-likeness (QED) is 0.228. The first-order chi connectivity index (χ1) is 18.4. The number of hydrogen-bond donors (Lipinski definition) is 0. The van der Waals surface area contributed by atoms with Crippen LogP contribution in [0.15, 0.2) is 81.2 Å². The van der Waals surface area contributed by atoms with Gasteiger partial charge < -0.3 is 4.90 Å². The second-order valence-electron chi connectivity index (χ2n) is 8.18. The van der Waals surface area contributed by atoms with E-state index in [9.17, 15) is 13.2 Å². The normalized spacial score (nSPS) is 14.2. The molecule has 1 saturated heterocycles. The molecule has 10 nitrogen and oxygen atoms in total. The van der Waals surface area contributed by atoms with Gasteiger partial charge in [0.15, 0.2) is 12.4 Å². The summed E-state index contributed by atoms with van der Waals surface area (Å²) in [5.41, 5.74) is 1.30. The third-order valence-corrected chi connectivity index (χ3v) is 10.2. The van der Waals surface area contributed by atoms with Crippen molar-refractivity contribution in [3.05, 3.63) is 82.2 Å². The molecule has 4 aromatic rings. The maximum Gasteiger partial charge on any atom is 0.360 e. The lowest BCUT2D eigenvalue weighted by molar-refractivity contribution is 0.0992. The summed E-state index contributed by atoms with van der Waals surface area (Å²) in [7, 11) is -3.64. The van der Waals surface area contributed by atoms with Gasteiger partial charge in [-0.1, -0.05) is 41.9 Å². The fraction of sp³-hybridized carbons (Fsp3) is 0.208. The van der Waals surface area contributed by atoms with Crippen molar-refractivity contribution in [3.63, 3.8) is 0 Å². The molecule has 0 spiro atoms. The minimum atomic E-state index is -3.64. The zero-order valence-electron chi connectivity index (χ0n) is 19.8. The fourth-order valence-electron chi connectivity index (χ4n) is 3.70. The summed E-state index contributed by atoms with van der Waals surface area (Å²) < 4.78 is 32.6. The molecule has 0 atom stereocenters. The molecular weight excluding hydrogens is 566 g/mol. The largest absolute Gasteiger partial charge is 0.360 e. The van der Waals surface area contributed by atoms with Gasteiger partial charge in [0.25, 0.3) is 10.0 Å². The average Bonchev–Trinajstić information content (AvgIpc) is 3.63. The molecule has 0 unspecified atom stereocenters. The summed E-state index contributed by atoms with van der Waals surface area (Å²) in [6, 6.07) is 19.3. The molecule has 0 saturated carbocycles. The molecular formula is C24H21ClN7O3S3+. The Morgan fingerprint density at radius 2 is 1.74 bits per heavy atom. The van der Waals surface area contributed by atoms with Gasteiger partial charge in [0.05, 0.1) is 0 Å². The van der Waals surface area contributed by atoms with Crippen molar-refractivity contribution in [3.8, 4) is 11.4 Å². The van der Waals surface area contributed by atoms with Gasteiger partial charge in [-0.3, -0.25) is 4.79 Å². The molecule has 1 fully saturated rings. The van der Waals surface area contributed by atoms with Gasteiger partial charge >= 0.3 is 5.91 Å². The van der Waals surface area contributed by atoms with Crippen LogP contribution in [0.4, 0.5) is 5.13 Å². The van der Waals surface area contributed by atoms with Gasteiger partial charge in [-0.25, -0.2) is 8.42 Å². The van der Waals surface area contributed by atoms with Crippen LogP contribution in [0.5, 0.6) is 0 Å². The average molecular weight is 587 g/mol. The molecule has 5 rings (SSSR count). The topological polar surface area (TPSA) is 122 Å². The number of rotatable bonds is 7. The number of halogens is 1. The highest BCUT2D eigenvalue weighted by molar-refractivity contribution is 7.91.